The van der Waals surface area contributed by atoms with Crippen LogP contribution in [0.15, 0.2) is 0 Å². The van der Waals surface area contributed by atoms with Crippen molar-refractivity contribution in [1.29, 1.82) is 0 Å². The third kappa shape index (κ3) is 8.56. The fourth-order valence-corrected chi connectivity index (χ4v) is 0.677. The lowest BCUT2D eigenvalue weighted by molar-refractivity contribution is -0.167. The van der Waals surface area contributed by atoms with Crippen LogP contribution in [0.5, 0.6) is 0 Å². The maximum Gasteiger partial charge on any atom is 0.417 e. The van der Waals surface area contributed by atoms with Gasteiger partial charge in [-0.1, -0.05) is 0 Å². The number of ether oxygens (including phenoxy) is 2. The predicted molar refractivity (Wildman–Crippen MR) is 68.8 cm³/mol. The van der Waals surface area contributed by atoms with Gasteiger partial charge < -0.3 is 9.47 Å². The summed E-state index contributed by atoms with van der Waals surface area (Å²) in [5.74, 6) is -1.85. The molecule has 0 radical (unpaired) electrons. The summed E-state index contributed by atoms with van der Waals surface area (Å²) in [6.45, 7) is 6.37. The quantitative estimate of drug-likeness (QED) is 0.339. The number of hydrogen-bond donors (Lipinski definition) is 0. The fourth-order valence-electron chi connectivity index (χ4n) is 0.457. The SMILES string of the molecule is CC(C)(C(=O)Cl)C(=O)Cl.CCOC(=O)C(=O)OCC. The lowest BCUT2D eigenvalue weighted by atomic mass is 9.98. The number of esters is 2. The number of rotatable bonds is 4. The summed E-state index contributed by atoms with van der Waals surface area (Å²) >= 11 is 10.0. The zero-order chi connectivity index (χ0) is 15.6. The first-order valence-corrected chi connectivity index (χ1v) is 6.10. The van der Waals surface area contributed by atoms with E-state index in [-0.39, 0.29) is 13.2 Å². The van der Waals surface area contributed by atoms with Crippen molar-refractivity contribution in [2.45, 2.75) is 27.7 Å². The lowest BCUT2D eigenvalue weighted by Crippen LogP contribution is -2.26. The standard InChI is InChI=1S/C6H10O4.C5H6Cl2O2/c1-3-9-5(7)6(8)10-4-2;1-5(2,3(6)8)4(7)9/h3-4H2,1-2H3;1-2H3. The first-order chi connectivity index (χ1) is 8.61. The van der Waals surface area contributed by atoms with Crippen LogP contribution in [-0.4, -0.2) is 35.6 Å². The highest BCUT2D eigenvalue weighted by atomic mass is 35.5. The van der Waals surface area contributed by atoms with Gasteiger partial charge in [-0.05, 0) is 50.9 Å². The molecule has 0 aromatic rings. The van der Waals surface area contributed by atoms with Crippen molar-refractivity contribution in [3.63, 3.8) is 0 Å². The summed E-state index contributed by atoms with van der Waals surface area (Å²) in [6.07, 6.45) is 0. The van der Waals surface area contributed by atoms with Crippen molar-refractivity contribution in [1.82, 2.24) is 0 Å². The molecule has 0 unspecified atom stereocenters. The van der Waals surface area contributed by atoms with Crippen LogP contribution in [0.1, 0.15) is 27.7 Å². The first-order valence-electron chi connectivity index (χ1n) is 5.34. The molecule has 0 N–H and O–H groups in total. The Morgan fingerprint density at radius 3 is 1.21 bits per heavy atom. The van der Waals surface area contributed by atoms with Crippen LogP contribution in [0.4, 0.5) is 0 Å². The van der Waals surface area contributed by atoms with Gasteiger partial charge in [-0.15, -0.1) is 0 Å². The molecule has 0 atom stereocenters. The van der Waals surface area contributed by atoms with E-state index in [9.17, 15) is 19.2 Å². The van der Waals surface area contributed by atoms with E-state index < -0.39 is 27.8 Å². The molecule has 0 aliphatic carbocycles. The highest BCUT2D eigenvalue weighted by Crippen LogP contribution is 2.21. The highest BCUT2D eigenvalue weighted by Gasteiger charge is 2.32. The smallest absolute Gasteiger partial charge is 0.417 e. The van der Waals surface area contributed by atoms with Crippen LogP contribution in [0, 0.1) is 5.41 Å². The van der Waals surface area contributed by atoms with E-state index in [0.717, 1.165) is 0 Å². The van der Waals surface area contributed by atoms with Crippen molar-refractivity contribution in [2.75, 3.05) is 13.2 Å². The summed E-state index contributed by atoms with van der Waals surface area (Å²) in [4.78, 5) is 41.6. The van der Waals surface area contributed by atoms with E-state index in [2.05, 4.69) is 9.47 Å². The Hall–Kier alpha value is -1.14. The first kappa shape index (κ1) is 20.2. The van der Waals surface area contributed by atoms with E-state index in [1.165, 1.54) is 13.8 Å². The molecular formula is C11H16Cl2O6. The van der Waals surface area contributed by atoms with Crippen molar-refractivity contribution in [2.24, 2.45) is 5.41 Å². The Morgan fingerprint density at radius 2 is 1.11 bits per heavy atom. The van der Waals surface area contributed by atoms with Gasteiger partial charge in [0.2, 0.25) is 10.5 Å². The molecule has 0 spiro atoms. The molecule has 19 heavy (non-hydrogen) atoms. The van der Waals surface area contributed by atoms with Gasteiger partial charge in [-0.3, -0.25) is 9.59 Å². The predicted octanol–water partition coefficient (Wildman–Crippen LogP) is 1.66. The van der Waals surface area contributed by atoms with Crippen molar-refractivity contribution in [3.05, 3.63) is 0 Å². The lowest BCUT2D eigenvalue weighted by Gasteiger charge is -2.11. The molecule has 6 nitrogen and oxygen atoms in total. The van der Waals surface area contributed by atoms with Crippen LogP contribution >= 0.6 is 23.2 Å². The monoisotopic (exact) mass is 314 g/mol. The van der Waals surface area contributed by atoms with Crippen molar-refractivity contribution in [3.8, 4) is 0 Å². The summed E-state index contributed by atoms with van der Waals surface area (Å²) in [5.41, 5.74) is -1.25. The van der Waals surface area contributed by atoms with Gasteiger partial charge in [-0.25, -0.2) is 9.59 Å². The largest absolute Gasteiger partial charge is 0.458 e. The highest BCUT2D eigenvalue weighted by molar-refractivity contribution is 6.74. The second kappa shape index (κ2) is 9.75. The van der Waals surface area contributed by atoms with E-state index in [1.54, 1.807) is 13.8 Å². The molecule has 0 rings (SSSR count). The molecule has 0 aromatic carbocycles. The molecule has 0 amide bonds. The Labute approximate surface area is 121 Å². The Kier molecular flexibility index (Phi) is 10.4. The molecule has 8 heteroatoms. The van der Waals surface area contributed by atoms with Gasteiger partial charge in [0.1, 0.15) is 5.41 Å². The van der Waals surface area contributed by atoms with E-state index in [0.29, 0.717) is 0 Å². The molecular weight excluding hydrogens is 299 g/mol. The maximum atomic E-state index is 10.4. The van der Waals surface area contributed by atoms with Crippen LogP contribution in [0.25, 0.3) is 0 Å². The second-order valence-corrected chi connectivity index (χ2v) is 4.30. The van der Waals surface area contributed by atoms with Crippen LogP contribution in [0.3, 0.4) is 0 Å². The van der Waals surface area contributed by atoms with Crippen LogP contribution in [-0.2, 0) is 28.7 Å². The summed E-state index contributed by atoms with van der Waals surface area (Å²) in [5, 5.41) is -1.47. The van der Waals surface area contributed by atoms with Gasteiger partial charge in [0.15, 0.2) is 0 Å². The van der Waals surface area contributed by atoms with Gasteiger partial charge in [-0.2, -0.15) is 0 Å². The van der Waals surface area contributed by atoms with Crippen molar-refractivity contribution >= 4 is 45.6 Å². The maximum absolute atomic E-state index is 10.4. The van der Waals surface area contributed by atoms with E-state index >= 15 is 0 Å². The minimum absolute atomic E-state index is 0.192. The molecule has 0 aliphatic heterocycles. The van der Waals surface area contributed by atoms with Gasteiger partial charge in [0.05, 0.1) is 13.2 Å². The zero-order valence-corrected chi connectivity index (χ0v) is 12.6. The third-order valence-corrected chi connectivity index (χ3v) is 2.65. The topological polar surface area (TPSA) is 86.7 Å². The molecule has 0 aliphatic rings. The molecule has 0 fully saturated rings. The molecule has 0 heterocycles. The summed E-state index contributed by atoms with van der Waals surface area (Å²) in [6, 6.07) is 0. The third-order valence-electron chi connectivity index (χ3n) is 1.70. The number of halogens is 2. The van der Waals surface area contributed by atoms with E-state index in [4.69, 9.17) is 23.2 Å². The Bertz CT molecular complexity index is 319. The number of hydrogen-bond acceptors (Lipinski definition) is 6. The minimum Gasteiger partial charge on any atom is -0.458 e. The summed E-state index contributed by atoms with van der Waals surface area (Å²) in [7, 11) is 0. The molecule has 110 valence electrons. The Balaban J connectivity index is 0. The number of carbonyl (C=O) groups is 4. The molecule has 0 bridgehead atoms. The average molecular weight is 315 g/mol. The second-order valence-electron chi connectivity index (χ2n) is 3.61. The average Bonchev–Trinajstić information content (AvgIpc) is 2.30. The summed E-state index contributed by atoms with van der Waals surface area (Å²) < 4.78 is 8.69. The fraction of sp³-hybridized carbons (Fsp3) is 0.636. The van der Waals surface area contributed by atoms with E-state index in [1.807, 2.05) is 0 Å². The zero-order valence-electron chi connectivity index (χ0n) is 11.1. The van der Waals surface area contributed by atoms with Crippen LogP contribution in [0.2, 0.25) is 0 Å². The van der Waals surface area contributed by atoms with Gasteiger partial charge >= 0.3 is 11.9 Å². The molecule has 0 saturated heterocycles. The molecule has 0 aromatic heterocycles. The Morgan fingerprint density at radius 1 is 0.842 bits per heavy atom. The van der Waals surface area contributed by atoms with Gasteiger partial charge in [0.25, 0.3) is 0 Å². The molecule has 0 saturated carbocycles. The van der Waals surface area contributed by atoms with Crippen LogP contribution < -0.4 is 0 Å². The van der Waals surface area contributed by atoms with Gasteiger partial charge in [0, 0.05) is 0 Å². The minimum atomic E-state index is -1.25. The number of carbonyl (C=O) groups excluding carboxylic acids is 4. The normalized spacial score (nSPS) is 9.79. The van der Waals surface area contributed by atoms with Crippen molar-refractivity contribution < 1.29 is 28.7 Å².